The molecule has 0 unspecified atom stereocenters. The highest BCUT2D eigenvalue weighted by Gasteiger charge is 1.93. The highest BCUT2D eigenvalue weighted by molar-refractivity contribution is 7.99. The van der Waals surface area contributed by atoms with E-state index in [4.69, 9.17) is 5.11 Å². The lowest BCUT2D eigenvalue weighted by atomic mass is 10.2. The van der Waals surface area contributed by atoms with Gasteiger partial charge in [-0.15, -0.1) is 0 Å². The zero-order valence-corrected chi connectivity index (χ0v) is 12.8. The maximum atomic E-state index is 8.76. The first-order valence-electron chi connectivity index (χ1n) is 6.77. The number of phenols is 1. The molecule has 0 aliphatic carbocycles. The van der Waals surface area contributed by atoms with Crippen molar-refractivity contribution in [2.75, 3.05) is 0 Å². The van der Waals surface area contributed by atoms with Gasteiger partial charge in [0.1, 0.15) is 5.75 Å². The second kappa shape index (κ2) is 8.18. The van der Waals surface area contributed by atoms with E-state index in [2.05, 4.69) is 48.5 Å². The van der Waals surface area contributed by atoms with Gasteiger partial charge in [-0.25, -0.2) is 0 Å². The fraction of sp³-hybridized carbons (Fsp3) is 0.0526. The van der Waals surface area contributed by atoms with E-state index in [9.17, 15) is 0 Å². The molecule has 0 radical (unpaired) electrons. The Balaban J connectivity index is 0.000000173. The molecule has 0 spiro atoms. The topological polar surface area (TPSA) is 20.2 Å². The summed E-state index contributed by atoms with van der Waals surface area (Å²) in [5, 5.41) is 8.76. The fourth-order valence-corrected chi connectivity index (χ4v) is 2.52. The summed E-state index contributed by atoms with van der Waals surface area (Å²) in [7, 11) is 0. The molecule has 3 aromatic carbocycles. The van der Waals surface area contributed by atoms with E-state index in [-0.39, 0.29) is 0 Å². The minimum atomic E-state index is 0.329. The van der Waals surface area contributed by atoms with Crippen LogP contribution in [0.15, 0.2) is 94.7 Å². The Kier molecular flexibility index (Phi) is 5.92. The number of benzene rings is 3. The van der Waals surface area contributed by atoms with Crippen molar-refractivity contribution in [1.29, 1.82) is 0 Å². The molecule has 106 valence electrons. The van der Waals surface area contributed by atoms with Crippen LogP contribution in [-0.4, -0.2) is 5.11 Å². The molecule has 3 aromatic rings. The Morgan fingerprint density at radius 3 is 1.43 bits per heavy atom. The first kappa shape index (κ1) is 15.2. The van der Waals surface area contributed by atoms with Gasteiger partial charge in [-0.1, -0.05) is 65.9 Å². The molecular formula is C19H18OS. The molecule has 0 atom stereocenters. The van der Waals surface area contributed by atoms with Crippen molar-refractivity contribution in [2.24, 2.45) is 0 Å². The van der Waals surface area contributed by atoms with Crippen molar-refractivity contribution in [1.82, 2.24) is 0 Å². The smallest absolute Gasteiger partial charge is 0.115 e. The Hall–Kier alpha value is -2.19. The van der Waals surface area contributed by atoms with Crippen molar-refractivity contribution in [3.63, 3.8) is 0 Å². The largest absolute Gasteiger partial charge is 0.508 e. The predicted molar refractivity (Wildman–Crippen MR) is 89.9 cm³/mol. The van der Waals surface area contributed by atoms with Gasteiger partial charge >= 0.3 is 0 Å². The van der Waals surface area contributed by atoms with Gasteiger partial charge in [-0.2, -0.15) is 0 Å². The summed E-state index contributed by atoms with van der Waals surface area (Å²) in [5.41, 5.74) is 1.17. The SMILES string of the molecule is Cc1ccc(O)cc1.c1ccc(Sc2ccccc2)cc1. The lowest BCUT2D eigenvalue weighted by molar-refractivity contribution is 0.475. The van der Waals surface area contributed by atoms with Crippen LogP contribution in [0.5, 0.6) is 5.75 Å². The molecule has 0 aromatic heterocycles. The Labute approximate surface area is 130 Å². The lowest BCUT2D eigenvalue weighted by Gasteiger charge is -1.99. The van der Waals surface area contributed by atoms with Crippen molar-refractivity contribution in [3.05, 3.63) is 90.5 Å². The van der Waals surface area contributed by atoms with Gasteiger partial charge in [0.05, 0.1) is 0 Å². The standard InChI is InChI=1S/C12H10S.C7H8O/c1-3-7-11(8-4-1)13-12-9-5-2-6-10-12;1-6-2-4-7(8)5-3-6/h1-10H;2-5,8H,1H3. The van der Waals surface area contributed by atoms with Crippen molar-refractivity contribution >= 4 is 11.8 Å². The van der Waals surface area contributed by atoms with E-state index in [0.29, 0.717) is 5.75 Å². The molecule has 0 saturated carbocycles. The number of rotatable bonds is 2. The van der Waals surface area contributed by atoms with E-state index < -0.39 is 0 Å². The molecule has 0 saturated heterocycles. The van der Waals surface area contributed by atoms with Crippen LogP contribution < -0.4 is 0 Å². The average molecular weight is 294 g/mol. The average Bonchev–Trinajstić information content (AvgIpc) is 2.53. The molecule has 0 aliphatic heterocycles. The summed E-state index contributed by atoms with van der Waals surface area (Å²) in [4.78, 5) is 2.57. The van der Waals surface area contributed by atoms with Crippen LogP contribution in [0, 0.1) is 6.92 Å². The number of aryl methyl sites for hydroxylation is 1. The second-order valence-electron chi connectivity index (χ2n) is 4.56. The van der Waals surface area contributed by atoms with Crippen LogP contribution in [0.1, 0.15) is 5.56 Å². The monoisotopic (exact) mass is 294 g/mol. The van der Waals surface area contributed by atoms with Crippen LogP contribution in [0.25, 0.3) is 0 Å². The summed E-state index contributed by atoms with van der Waals surface area (Å²) >= 11 is 1.79. The van der Waals surface area contributed by atoms with Crippen LogP contribution >= 0.6 is 11.8 Å². The van der Waals surface area contributed by atoms with Gasteiger partial charge in [0.2, 0.25) is 0 Å². The van der Waals surface area contributed by atoms with Crippen LogP contribution in [0.2, 0.25) is 0 Å². The van der Waals surface area contributed by atoms with Gasteiger partial charge in [0.25, 0.3) is 0 Å². The number of phenolic OH excluding ortho intramolecular Hbond substituents is 1. The molecule has 0 aliphatic rings. The van der Waals surface area contributed by atoms with E-state index in [1.807, 2.05) is 31.2 Å². The van der Waals surface area contributed by atoms with Crippen molar-refractivity contribution in [3.8, 4) is 5.75 Å². The predicted octanol–water partition coefficient (Wildman–Crippen LogP) is 5.54. The molecule has 2 heteroatoms. The molecule has 0 amide bonds. The van der Waals surface area contributed by atoms with Gasteiger partial charge in [-0.05, 0) is 43.3 Å². The van der Waals surface area contributed by atoms with E-state index in [1.165, 1.54) is 15.4 Å². The van der Waals surface area contributed by atoms with Crippen LogP contribution in [0.4, 0.5) is 0 Å². The van der Waals surface area contributed by atoms with E-state index in [0.717, 1.165) is 0 Å². The van der Waals surface area contributed by atoms with E-state index in [1.54, 1.807) is 23.9 Å². The summed E-state index contributed by atoms with van der Waals surface area (Å²) in [6, 6.07) is 27.9. The molecule has 0 fully saturated rings. The first-order valence-corrected chi connectivity index (χ1v) is 7.59. The molecule has 3 rings (SSSR count). The summed E-state index contributed by atoms with van der Waals surface area (Å²) in [5.74, 6) is 0.329. The molecule has 1 nitrogen and oxygen atoms in total. The molecule has 21 heavy (non-hydrogen) atoms. The minimum Gasteiger partial charge on any atom is -0.508 e. The van der Waals surface area contributed by atoms with Gasteiger partial charge < -0.3 is 5.11 Å². The van der Waals surface area contributed by atoms with Gasteiger partial charge in [0.15, 0.2) is 0 Å². The summed E-state index contributed by atoms with van der Waals surface area (Å²) in [6.45, 7) is 1.99. The van der Waals surface area contributed by atoms with Gasteiger partial charge in [-0.3, -0.25) is 0 Å². The fourth-order valence-electron chi connectivity index (χ4n) is 1.66. The quantitative estimate of drug-likeness (QED) is 0.669. The highest BCUT2D eigenvalue weighted by Crippen LogP contribution is 2.26. The maximum absolute atomic E-state index is 8.76. The summed E-state index contributed by atoms with van der Waals surface area (Å²) < 4.78 is 0. The van der Waals surface area contributed by atoms with Crippen molar-refractivity contribution in [2.45, 2.75) is 16.7 Å². The van der Waals surface area contributed by atoms with Crippen LogP contribution in [-0.2, 0) is 0 Å². The third-order valence-electron chi connectivity index (χ3n) is 2.76. The van der Waals surface area contributed by atoms with Crippen LogP contribution in [0.3, 0.4) is 0 Å². The molecule has 0 bridgehead atoms. The number of hydrogen-bond donors (Lipinski definition) is 1. The zero-order valence-electron chi connectivity index (χ0n) is 11.9. The normalized spacial score (nSPS) is 9.57. The number of hydrogen-bond acceptors (Lipinski definition) is 2. The molecule has 0 heterocycles. The second-order valence-corrected chi connectivity index (χ2v) is 5.71. The first-order chi connectivity index (χ1) is 10.2. The summed E-state index contributed by atoms with van der Waals surface area (Å²) in [6.07, 6.45) is 0. The van der Waals surface area contributed by atoms with Crippen molar-refractivity contribution < 1.29 is 5.11 Å². The Bertz CT molecular complexity index is 575. The lowest BCUT2D eigenvalue weighted by Crippen LogP contribution is -1.70. The zero-order chi connectivity index (χ0) is 14.9. The van der Waals surface area contributed by atoms with Gasteiger partial charge in [0, 0.05) is 9.79 Å². The maximum Gasteiger partial charge on any atom is 0.115 e. The third-order valence-corrected chi connectivity index (χ3v) is 3.77. The Morgan fingerprint density at radius 1 is 0.619 bits per heavy atom. The number of aromatic hydroxyl groups is 1. The molecular weight excluding hydrogens is 276 g/mol. The highest BCUT2D eigenvalue weighted by atomic mass is 32.2. The Morgan fingerprint density at radius 2 is 1.05 bits per heavy atom. The minimum absolute atomic E-state index is 0.329. The molecule has 1 N–H and O–H groups in total. The van der Waals surface area contributed by atoms with E-state index >= 15 is 0 Å². The third kappa shape index (κ3) is 5.76.